The van der Waals surface area contributed by atoms with Crippen LogP contribution < -0.4 is 4.72 Å². The van der Waals surface area contributed by atoms with Crippen molar-refractivity contribution in [2.75, 3.05) is 6.54 Å². The summed E-state index contributed by atoms with van der Waals surface area (Å²) in [5.74, 6) is 1.32. The molecule has 1 heterocycles. The van der Waals surface area contributed by atoms with Gasteiger partial charge in [0.15, 0.2) is 5.03 Å². The third-order valence-corrected chi connectivity index (χ3v) is 5.22. The van der Waals surface area contributed by atoms with E-state index >= 15 is 0 Å². The van der Waals surface area contributed by atoms with E-state index in [4.69, 9.17) is 0 Å². The van der Waals surface area contributed by atoms with Gasteiger partial charge < -0.3 is 0 Å². The maximum absolute atomic E-state index is 11.9. The predicted molar refractivity (Wildman–Crippen MR) is 69.5 cm³/mol. The fourth-order valence-corrected chi connectivity index (χ4v) is 3.57. The highest BCUT2D eigenvalue weighted by Gasteiger charge is 2.22. The first kappa shape index (κ1) is 13.5. The summed E-state index contributed by atoms with van der Waals surface area (Å²) in [5.41, 5.74) is 0. The number of sulfonamides is 1. The molecular weight excluding hydrogens is 250 g/mol. The van der Waals surface area contributed by atoms with Gasteiger partial charge in [0.25, 0.3) is 10.0 Å². The Bertz CT molecular complexity index is 448. The van der Waals surface area contributed by atoms with Crippen molar-refractivity contribution >= 4 is 10.0 Å². The van der Waals surface area contributed by atoms with Gasteiger partial charge in [-0.3, -0.25) is 5.10 Å². The van der Waals surface area contributed by atoms with Crippen LogP contribution in [-0.4, -0.2) is 25.2 Å². The van der Waals surface area contributed by atoms with Gasteiger partial charge in [-0.05, 0) is 30.7 Å². The molecule has 0 amide bonds. The summed E-state index contributed by atoms with van der Waals surface area (Å²) in [5, 5.41) is 6.28. The summed E-state index contributed by atoms with van der Waals surface area (Å²) in [7, 11) is -3.40. The lowest BCUT2D eigenvalue weighted by atomic mass is 9.81. The van der Waals surface area contributed by atoms with Crippen molar-refractivity contribution in [3.8, 4) is 0 Å². The number of hydrogen-bond donors (Lipinski definition) is 2. The third kappa shape index (κ3) is 3.32. The van der Waals surface area contributed by atoms with E-state index < -0.39 is 10.0 Å². The Morgan fingerprint density at radius 1 is 1.33 bits per heavy atom. The number of nitrogens with zero attached hydrogens (tertiary/aromatic N) is 1. The van der Waals surface area contributed by atoms with E-state index in [0.717, 1.165) is 18.8 Å². The smallest absolute Gasteiger partial charge is 0.257 e. The molecule has 0 saturated heterocycles. The van der Waals surface area contributed by atoms with E-state index in [-0.39, 0.29) is 5.03 Å². The highest BCUT2D eigenvalue weighted by Crippen LogP contribution is 2.30. The molecule has 1 aliphatic carbocycles. The van der Waals surface area contributed by atoms with Gasteiger partial charge in [0.2, 0.25) is 0 Å². The number of aromatic nitrogens is 2. The molecule has 0 radical (unpaired) electrons. The molecule has 18 heavy (non-hydrogen) atoms. The highest BCUT2D eigenvalue weighted by molar-refractivity contribution is 7.89. The lowest BCUT2D eigenvalue weighted by molar-refractivity contribution is 0.270. The van der Waals surface area contributed by atoms with Gasteiger partial charge in [0.1, 0.15) is 0 Å². The van der Waals surface area contributed by atoms with E-state index in [0.29, 0.717) is 12.5 Å². The minimum Gasteiger partial charge on any atom is -0.266 e. The Hall–Kier alpha value is -0.880. The first-order chi connectivity index (χ1) is 8.62. The maximum atomic E-state index is 11.9. The van der Waals surface area contributed by atoms with Crippen LogP contribution in [0.25, 0.3) is 0 Å². The Morgan fingerprint density at radius 3 is 2.56 bits per heavy atom. The van der Waals surface area contributed by atoms with E-state index in [1.165, 1.54) is 31.5 Å². The van der Waals surface area contributed by atoms with Crippen LogP contribution >= 0.6 is 0 Å². The molecular formula is C12H21N3O2S. The van der Waals surface area contributed by atoms with E-state index in [9.17, 15) is 8.42 Å². The maximum Gasteiger partial charge on any atom is 0.257 e. The van der Waals surface area contributed by atoms with Crippen LogP contribution in [0.5, 0.6) is 0 Å². The Balaban J connectivity index is 1.82. The third-order valence-electron chi connectivity index (χ3n) is 3.87. The highest BCUT2D eigenvalue weighted by atomic mass is 32.2. The molecule has 5 nitrogen and oxygen atoms in total. The second kappa shape index (κ2) is 5.84. The lowest BCUT2D eigenvalue weighted by Gasteiger charge is -2.27. The fraction of sp³-hybridized carbons (Fsp3) is 0.750. The van der Waals surface area contributed by atoms with Gasteiger partial charge in [0, 0.05) is 6.54 Å². The van der Waals surface area contributed by atoms with Crippen molar-refractivity contribution in [1.29, 1.82) is 0 Å². The molecule has 1 saturated carbocycles. The van der Waals surface area contributed by atoms with Crippen LogP contribution in [0.3, 0.4) is 0 Å². The second-order valence-corrected chi connectivity index (χ2v) is 6.80. The van der Waals surface area contributed by atoms with Gasteiger partial charge >= 0.3 is 0 Å². The van der Waals surface area contributed by atoms with Crippen molar-refractivity contribution < 1.29 is 8.42 Å². The molecule has 0 aliphatic heterocycles. The van der Waals surface area contributed by atoms with Crippen LogP contribution in [0.15, 0.2) is 17.3 Å². The molecule has 1 aliphatic rings. The number of hydrogen-bond acceptors (Lipinski definition) is 3. The Labute approximate surface area is 108 Å². The van der Waals surface area contributed by atoms with Gasteiger partial charge in [-0.15, -0.1) is 0 Å². The van der Waals surface area contributed by atoms with Crippen LogP contribution in [0.1, 0.15) is 39.0 Å². The molecule has 1 aromatic heterocycles. The average Bonchev–Trinajstić information content (AvgIpc) is 2.92. The van der Waals surface area contributed by atoms with Crippen molar-refractivity contribution in [2.45, 2.75) is 44.1 Å². The van der Waals surface area contributed by atoms with Crippen LogP contribution in [0.2, 0.25) is 0 Å². The zero-order chi connectivity index (χ0) is 13.0. The largest absolute Gasteiger partial charge is 0.266 e. The summed E-state index contributed by atoms with van der Waals surface area (Å²) < 4.78 is 26.4. The van der Waals surface area contributed by atoms with Gasteiger partial charge in [-0.2, -0.15) is 5.10 Å². The standard InChI is InChI=1S/C12H21N3O2S/c1-2-10-3-5-11(6-4-10)9-14-18(16,17)12-7-8-13-15-12/h7-8,10-11,14H,2-6,9H2,1H3,(H,13,15). The summed E-state index contributed by atoms with van der Waals surface area (Å²) in [6, 6.07) is 1.47. The van der Waals surface area contributed by atoms with E-state index in [2.05, 4.69) is 21.8 Å². The summed E-state index contributed by atoms with van der Waals surface area (Å²) in [6.07, 6.45) is 7.40. The van der Waals surface area contributed by atoms with Crippen LogP contribution in [0.4, 0.5) is 0 Å². The number of aromatic amines is 1. The number of H-pyrrole nitrogens is 1. The molecule has 2 rings (SSSR count). The average molecular weight is 271 g/mol. The summed E-state index contributed by atoms with van der Waals surface area (Å²) in [6.45, 7) is 2.77. The molecule has 0 spiro atoms. The number of rotatable bonds is 5. The molecule has 0 unspecified atom stereocenters. The zero-order valence-electron chi connectivity index (χ0n) is 10.7. The van der Waals surface area contributed by atoms with Crippen molar-refractivity contribution in [3.05, 3.63) is 12.3 Å². The quantitative estimate of drug-likeness (QED) is 0.859. The van der Waals surface area contributed by atoms with Crippen LogP contribution in [0, 0.1) is 11.8 Å². The monoisotopic (exact) mass is 271 g/mol. The fourth-order valence-electron chi connectivity index (χ4n) is 2.54. The molecule has 0 bridgehead atoms. The minimum atomic E-state index is -3.40. The molecule has 1 fully saturated rings. The molecule has 2 N–H and O–H groups in total. The van der Waals surface area contributed by atoms with Gasteiger partial charge in [-0.1, -0.05) is 26.2 Å². The lowest BCUT2D eigenvalue weighted by Crippen LogP contribution is -2.31. The topological polar surface area (TPSA) is 74.8 Å². The summed E-state index contributed by atoms with van der Waals surface area (Å²) >= 11 is 0. The van der Waals surface area contributed by atoms with Crippen LogP contribution in [-0.2, 0) is 10.0 Å². The Morgan fingerprint density at radius 2 is 2.00 bits per heavy atom. The molecule has 0 aromatic carbocycles. The molecule has 6 heteroatoms. The Kier molecular flexibility index (Phi) is 4.40. The minimum absolute atomic E-state index is 0.143. The molecule has 1 aromatic rings. The van der Waals surface area contributed by atoms with Crippen molar-refractivity contribution in [1.82, 2.24) is 14.9 Å². The summed E-state index contributed by atoms with van der Waals surface area (Å²) in [4.78, 5) is 0. The predicted octanol–water partition coefficient (Wildman–Crippen LogP) is 1.90. The number of nitrogens with one attached hydrogen (secondary N) is 2. The first-order valence-electron chi connectivity index (χ1n) is 6.61. The SMILES string of the molecule is CCC1CCC(CNS(=O)(=O)c2ccn[nH]2)CC1. The first-order valence-corrected chi connectivity index (χ1v) is 8.09. The van der Waals surface area contributed by atoms with Gasteiger partial charge in [0.05, 0.1) is 6.20 Å². The molecule has 102 valence electrons. The van der Waals surface area contributed by atoms with Gasteiger partial charge in [-0.25, -0.2) is 13.1 Å². The van der Waals surface area contributed by atoms with E-state index in [1.54, 1.807) is 0 Å². The van der Waals surface area contributed by atoms with Crippen molar-refractivity contribution in [3.63, 3.8) is 0 Å². The zero-order valence-corrected chi connectivity index (χ0v) is 11.5. The normalized spacial score (nSPS) is 25.2. The van der Waals surface area contributed by atoms with Crippen molar-refractivity contribution in [2.24, 2.45) is 11.8 Å². The molecule has 0 atom stereocenters. The van der Waals surface area contributed by atoms with E-state index in [1.807, 2.05) is 0 Å². The second-order valence-electron chi connectivity index (χ2n) is 5.07.